The number of fused-ring (bicyclic) bond motifs is 2. The number of piperidine rings is 1. The summed E-state index contributed by atoms with van der Waals surface area (Å²) < 4.78 is 0. The highest BCUT2D eigenvalue weighted by Crippen LogP contribution is 2.29. The number of hydrogen-bond acceptors (Lipinski definition) is 2. The summed E-state index contributed by atoms with van der Waals surface area (Å²) in [5.41, 5.74) is 4.46. The van der Waals surface area contributed by atoms with Crippen molar-refractivity contribution < 1.29 is 0 Å². The maximum atomic E-state index is 3.60. The molecule has 2 atom stereocenters. The van der Waals surface area contributed by atoms with E-state index in [2.05, 4.69) is 49.2 Å². The van der Waals surface area contributed by atoms with Gasteiger partial charge in [0.1, 0.15) is 0 Å². The lowest BCUT2D eigenvalue weighted by Crippen LogP contribution is -2.67. The van der Waals surface area contributed by atoms with Crippen molar-refractivity contribution in [3.05, 3.63) is 29.3 Å². The van der Waals surface area contributed by atoms with Crippen molar-refractivity contribution in [2.75, 3.05) is 18.0 Å². The maximum Gasteiger partial charge on any atom is 0.0370 e. The van der Waals surface area contributed by atoms with Crippen molar-refractivity contribution in [1.82, 2.24) is 5.32 Å². The molecule has 3 aliphatic rings. The summed E-state index contributed by atoms with van der Waals surface area (Å²) in [6, 6.07) is 8.54. The average Bonchev–Trinajstić information content (AvgIpc) is 2.37. The predicted molar refractivity (Wildman–Crippen MR) is 77.5 cm³/mol. The van der Waals surface area contributed by atoms with Crippen LogP contribution in [0.25, 0.3) is 0 Å². The van der Waals surface area contributed by atoms with Gasteiger partial charge in [-0.3, -0.25) is 0 Å². The lowest BCUT2D eigenvalue weighted by atomic mass is 9.90. The van der Waals surface area contributed by atoms with E-state index < -0.39 is 0 Å². The Morgan fingerprint density at radius 2 is 1.94 bits per heavy atom. The molecular weight excluding hydrogens is 220 g/mol. The maximum absolute atomic E-state index is 3.60. The van der Waals surface area contributed by atoms with Crippen LogP contribution in [0.3, 0.4) is 0 Å². The first-order valence-corrected chi connectivity index (χ1v) is 7.31. The minimum absolute atomic E-state index is 0.630. The van der Waals surface area contributed by atoms with E-state index in [1.807, 2.05) is 0 Å². The van der Waals surface area contributed by atoms with Crippen molar-refractivity contribution in [1.29, 1.82) is 0 Å². The molecule has 1 aromatic carbocycles. The van der Waals surface area contributed by atoms with Gasteiger partial charge >= 0.3 is 0 Å². The Kier molecular flexibility index (Phi) is 3.06. The minimum atomic E-state index is 0.630. The Morgan fingerprint density at radius 3 is 2.50 bits per heavy atom. The van der Waals surface area contributed by atoms with Crippen molar-refractivity contribution >= 4 is 5.69 Å². The third kappa shape index (κ3) is 2.03. The van der Waals surface area contributed by atoms with E-state index in [0.29, 0.717) is 5.92 Å². The molecule has 0 saturated carbocycles. The number of hydrogen-bond donors (Lipinski definition) is 1. The van der Waals surface area contributed by atoms with Crippen molar-refractivity contribution in [3.8, 4) is 0 Å². The molecule has 98 valence electrons. The monoisotopic (exact) mass is 244 g/mol. The molecule has 0 spiro atoms. The summed E-state index contributed by atoms with van der Waals surface area (Å²) >= 11 is 0. The summed E-state index contributed by atoms with van der Waals surface area (Å²) in [5.74, 6) is 0.630. The van der Waals surface area contributed by atoms with Crippen LogP contribution in [0.1, 0.15) is 44.2 Å². The molecule has 1 aromatic rings. The highest BCUT2D eigenvalue weighted by Gasteiger charge is 2.36. The van der Waals surface area contributed by atoms with Crippen LogP contribution in [0, 0.1) is 0 Å². The molecular formula is C16H24N2. The van der Waals surface area contributed by atoms with Crippen molar-refractivity contribution in [2.45, 2.75) is 51.6 Å². The molecule has 1 N–H and O–H groups in total. The van der Waals surface area contributed by atoms with E-state index >= 15 is 0 Å². The van der Waals surface area contributed by atoms with Crippen molar-refractivity contribution in [3.63, 3.8) is 0 Å². The number of piperazine rings is 1. The summed E-state index contributed by atoms with van der Waals surface area (Å²) in [5, 5.41) is 3.60. The Labute approximate surface area is 110 Å². The average molecular weight is 244 g/mol. The fourth-order valence-corrected chi connectivity index (χ4v) is 3.38. The number of rotatable bonds is 3. The van der Waals surface area contributed by atoms with Crippen LogP contribution < -0.4 is 10.2 Å². The van der Waals surface area contributed by atoms with Gasteiger partial charge in [0.15, 0.2) is 0 Å². The zero-order valence-corrected chi connectivity index (χ0v) is 11.7. The van der Waals surface area contributed by atoms with Crippen LogP contribution in [-0.4, -0.2) is 25.2 Å². The number of benzene rings is 1. The molecule has 2 heteroatoms. The first-order valence-electron chi connectivity index (χ1n) is 7.31. The molecule has 3 fully saturated rings. The highest BCUT2D eigenvalue weighted by molar-refractivity contribution is 5.53. The van der Waals surface area contributed by atoms with Gasteiger partial charge in [-0.15, -0.1) is 0 Å². The summed E-state index contributed by atoms with van der Waals surface area (Å²) in [4.78, 5) is 2.55. The van der Waals surface area contributed by atoms with E-state index in [9.17, 15) is 0 Å². The zero-order valence-electron chi connectivity index (χ0n) is 11.7. The smallest absolute Gasteiger partial charge is 0.0370 e. The van der Waals surface area contributed by atoms with Gasteiger partial charge in [0.25, 0.3) is 0 Å². The number of aryl methyl sites for hydroxylation is 1. The molecule has 3 heterocycles. The standard InChI is InChI=1S/C16H24N2/c1-4-12-7-15(5-6-16(12)11(2)3)18-9-13-8-14(10-18)17-13/h5-7,11,13-14,17H,4,8-10H2,1-3H3. The molecule has 2 nitrogen and oxygen atoms in total. The second-order valence-electron chi connectivity index (χ2n) is 6.09. The van der Waals surface area contributed by atoms with Gasteiger partial charge in [-0.05, 0) is 42.0 Å². The molecule has 4 rings (SSSR count). The molecule has 0 amide bonds. The largest absolute Gasteiger partial charge is 0.368 e. The van der Waals surface area contributed by atoms with E-state index in [4.69, 9.17) is 0 Å². The summed E-state index contributed by atoms with van der Waals surface area (Å²) in [6.07, 6.45) is 2.52. The van der Waals surface area contributed by atoms with E-state index in [1.54, 1.807) is 0 Å². The normalized spacial score (nSPS) is 26.3. The Balaban J connectivity index is 1.84. The second kappa shape index (κ2) is 4.58. The fourth-order valence-electron chi connectivity index (χ4n) is 3.38. The quantitative estimate of drug-likeness (QED) is 0.879. The van der Waals surface area contributed by atoms with Gasteiger partial charge in [0.2, 0.25) is 0 Å². The van der Waals surface area contributed by atoms with Crippen LogP contribution in [0.4, 0.5) is 5.69 Å². The topological polar surface area (TPSA) is 15.3 Å². The van der Waals surface area contributed by atoms with Gasteiger partial charge in [0.05, 0.1) is 0 Å². The molecule has 2 bridgehead atoms. The Bertz CT molecular complexity index is 423. The minimum Gasteiger partial charge on any atom is -0.368 e. The first kappa shape index (κ1) is 12.0. The number of anilines is 1. The molecule has 18 heavy (non-hydrogen) atoms. The van der Waals surface area contributed by atoms with Gasteiger partial charge in [-0.2, -0.15) is 0 Å². The number of nitrogens with one attached hydrogen (secondary N) is 1. The lowest BCUT2D eigenvalue weighted by Gasteiger charge is -2.49. The Hall–Kier alpha value is -1.02. The van der Waals surface area contributed by atoms with E-state index in [-0.39, 0.29) is 0 Å². The summed E-state index contributed by atoms with van der Waals surface area (Å²) in [7, 11) is 0. The van der Waals surface area contributed by atoms with Gasteiger partial charge in [0, 0.05) is 30.9 Å². The second-order valence-corrected chi connectivity index (χ2v) is 6.09. The molecule has 0 radical (unpaired) electrons. The van der Waals surface area contributed by atoms with Crippen LogP contribution in [-0.2, 0) is 6.42 Å². The van der Waals surface area contributed by atoms with Crippen molar-refractivity contribution in [2.24, 2.45) is 0 Å². The molecule has 2 unspecified atom stereocenters. The fraction of sp³-hybridized carbons (Fsp3) is 0.625. The van der Waals surface area contributed by atoms with Crippen LogP contribution in [0.2, 0.25) is 0 Å². The van der Waals surface area contributed by atoms with Gasteiger partial charge in [-0.1, -0.05) is 26.8 Å². The van der Waals surface area contributed by atoms with E-state index in [0.717, 1.165) is 18.5 Å². The van der Waals surface area contributed by atoms with Crippen LogP contribution >= 0.6 is 0 Å². The third-order valence-corrected chi connectivity index (χ3v) is 4.42. The van der Waals surface area contributed by atoms with Crippen LogP contribution in [0.5, 0.6) is 0 Å². The molecule has 3 saturated heterocycles. The molecule has 3 aliphatic heterocycles. The SMILES string of the molecule is CCc1cc(N2CC3CC(C2)N3)ccc1C(C)C. The lowest BCUT2D eigenvalue weighted by molar-refractivity contribution is 0.226. The Morgan fingerprint density at radius 1 is 1.28 bits per heavy atom. The number of nitrogens with zero attached hydrogens (tertiary/aromatic N) is 1. The summed E-state index contributed by atoms with van der Waals surface area (Å²) in [6.45, 7) is 9.20. The zero-order chi connectivity index (χ0) is 12.7. The molecule has 0 aromatic heterocycles. The van der Waals surface area contributed by atoms with Crippen LogP contribution in [0.15, 0.2) is 18.2 Å². The van der Waals surface area contributed by atoms with Gasteiger partial charge < -0.3 is 10.2 Å². The predicted octanol–water partition coefficient (Wildman–Crippen LogP) is 2.92. The highest BCUT2D eigenvalue weighted by atomic mass is 15.3. The first-order chi connectivity index (χ1) is 8.67. The van der Waals surface area contributed by atoms with E-state index in [1.165, 1.54) is 36.3 Å². The van der Waals surface area contributed by atoms with Gasteiger partial charge in [-0.25, -0.2) is 0 Å². The molecule has 0 aliphatic carbocycles. The third-order valence-electron chi connectivity index (χ3n) is 4.42.